The largest absolute Gasteiger partial charge is 0.494 e. The van der Waals surface area contributed by atoms with Crippen LogP contribution in [0.1, 0.15) is 60.5 Å². The number of methoxy groups -OCH3 is 1. The second-order valence-corrected chi connectivity index (χ2v) is 9.95. The molecular formula is C27H32N6O3. The summed E-state index contributed by atoms with van der Waals surface area (Å²) in [5.74, 6) is 0.249. The summed E-state index contributed by atoms with van der Waals surface area (Å²) in [4.78, 5) is 39.9. The topological polar surface area (TPSA) is 93.5 Å². The van der Waals surface area contributed by atoms with Crippen LogP contribution in [0.25, 0.3) is 0 Å². The first kappa shape index (κ1) is 24.0. The van der Waals surface area contributed by atoms with Crippen LogP contribution in [-0.2, 0) is 11.3 Å². The lowest BCUT2D eigenvalue weighted by Gasteiger charge is -2.42. The second-order valence-electron chi connectivity index (χ2n) is 9.95. The highest BCUT2D eigenvalue weighted by atomic mass is 16.5. The number of aromatic nitrogens is 4. The fourth-order valence-corrected chi connectivity index (χ4v) is 5.68. The number of benzene rings is 1. The number of amides is 2. The van der Waals surface area contributed by atoms with E-state index in [-0.39, 0.29) is 29.6 Å². The fraction of sp³-hybridized carbons (Fsp3) is 0.444. The van der Waals surface area contributed by atoms with Gasteiger partial charge < -0.3 is 14.5 Å². The highest BCUT2D eigenvalue weighted by Crippen LogP contribution is 2.50. The SMILES string of the molecule is COc1cnc(C(=O)N2CC(c3ccnn3C(C)C)C3(CCCN(Cc4ccccc4)C3=O)C2)nc1. The molecule has 3 aromatic rings. The van der Waals surface area contributed by atoms with Gasteiger partial charge in [0.1, 0.15) is 0 Å². The molecule has 5 rings (SSSR count). The van der Waals surface area contributed by atoms with Crippen molar-refractivity contribution in [2.75, 3.05) is 26.7 Å². The average Bonchev–Trinajstić information content (AvgIpc) is 3.53. The molecular weight excluding hydrogens is 456 g/mol. The zero-order valence-corrected chi connectivity index (χ0v) is 21.0. The predicted octanol–water partition coefficient (Wildman–Crippen LogP) is 3.31. The van der Waals surface area contributed by atoms with Crippen LogP contribution in [0.2, 0.25) is 0 Å². The smallest absolute Gasteiger partial charge is 0.291 e. The van der Waals surface area contributed by atoms with Crippen LogP contribution in [0, 0.1) is 5.41 Å². The van der Waals surface area contributed by atoms with Gasteiger partial charge in [-0.05, 0) is 38.3 Å². The molecule has 1 aromatic carbocycles. The number of likely N-dealkylation sites (tertiary alicyclic amines) is 2. The third-order valence-corrected chi connectivity index (χ3v) is 7.41. The van der Waals surface area contributed by atoms with Crippen molar-refractivity contribution in [2.45, 2.75) is 45.2 Å². The van der Waals surface area contributed by atoms with Crippen molar-refractivity contribution in [1.29, 1.82) is 0 Å². The van der Waals surface area contributed by atoms with Crippen LogP contribution in [-0.4, -0.2) is 68.1 Å². The van der Waals surface area contributed by atoms with Crippen LogP contribution in [0.15, 0.2) is 55.0 Å². The highest BCUT2D eigenvalue weighted by Gasteiger charge is 2.57. The molecule has 0 N–H and O–H groups in total. The Bertz CT molecular complexity index is 1230. The number of hydrogen-bond donors (Lipinski definition) is 0. The average molecular weight is 489 g/mol. The van der Waals surface area contributed by atoms with Crippen molar-refractivity contribution in [2.24, 2.45) is 5.41 Å². The molecule has 2 amide bonds. The molecule has 188 valence electrons. The summed E-state index contributed by atoms with van der Waals surface area (Å²) < 4.78 is 7.11. The van der Waals surface area contributed by atoms with Gasteiger partial charge in [0.15, 0.2) is 5.75 Å². The zero-order chi connectivity index (χ0) is 25.3. The number of rotatable bonds is 6. The van der Waals surface area contributed by atoms with Crippen LogP contribution < -0.4 is 4.74 Å². The molecule has 0 radical (unpaired) electrons. The zero-order valence-electron chi connectivity index (χ0n) is 21.0. The molecule has 0 saturated carbocycles. The van der Waals surface area contributed by atoms with E-state index < -0.39 is 5.41 Å². The van der Waals surface area contributed by atoms with Crippen molar-refractivity contribution in [3.63, 3.8) is 0 Å². The summed E-state index contributed by atoms with van der Waals surface area (Å²) in [6.07, 6.45) is 6.37. The summed E-state index contributed by atoms with van der Waals surface area (Å²) in [5, 5.41) is 4.55. The molecule has 0 bridgehead atoms. The minimum Gasteiger partial charge on any atom is -0.494 e. The minimum atomic E-state index is -0.720. The van der Waals surface area contributed by atoms with Crippen LogP contribution in [0.3, 0.4) is 0 Å². The van der Waals surface area contributed by atoms with E-state index in [0.717, 1.165) is 24.1 Å². The van der Waals surface area contributed by atoms with E-state index in [1.165, 1.54) is 19.5 Å². The van der Waals surface area contributed by atoms with Crippen LogP contribution in [0.4, 0.5) is 0 Å². The molecule has 2 saturated heterocycles. The summed E-state index contributed by atoms with van der Waals surface area (Å²) in [5.41, 5.74) is 1.37. The van der Waals surface area contributed by atoms with Gasteiger partial charge in [-0.15, -0.1) is 0 Å². The Labute approximate surface area is 211 Å². The van der Waals surface area contributed by atoms with Crippen molar-refractivity contribution in [3.8, 4) is 5.75 Å². The highest BCUT2D eigenvalue weighted by molar-refractivity contribution is 5.93. The number of carbonyl (C=O) groups is 2. The molecule has 2 unspecified atom stereocenters. The number of hydrogen-bond acceptors (Lipinski definition) is 6. The summed E-state index contributed by atoms with van der Waals surface area (Å²) in [6.45, 7) is 6.18. The van der Waals surface area contributed by atoms with Gasteiger partial charge in [-0.1, -0.05) is 30.3 Å². The molecule has 1 spiro atoms. The Morgan fingerprint density at radius 3 is 2.61 bits per heavy atom. The first-order chi connectivity index (χ1) is 17.4. The Hall–Kier alpha value is -3.75. The number of ether oxygens (including phenoxy) is 1. The maximum atomic E-state index is 14.2. The summed E-state index contributed by atoms with van der Waals surface area (Å²) in [7, 11) is 1.53. The van der Waals surface area contributed by atoms with E-state index in [0.29, 0.717) is 31.9 Å². The van der Waals surface area contributed by atoms with Gasteiger partial charge in [0.2, 0.25) is 11.7 Å². The van der Waals surface area contributed by atoms with Gasteiger partial charge in [0, 0.05) is 50.0 Å². The van der Waals surface area contributed by atoms with Crippen LogP contribution in [0.5, 0.6) is 5.75 Å². The van der Waals surface area contributed by atoms with Crippen molar-refractivity contribution in [1.82, 2.24) is 29.5 Å². The molecule has 2 atom stereocenters. The van der Waals surface area contributed by atoms with Crippen molar-refractivity contribution < 1.29 is 14.3 Å². The predicted molar refractivity (Wildman–Crippen MR) is 133 cm³/mol. The molecule has 0 aliphatic carbocycles. The van der Waals surface area contributed by atoms with Gasteiger partial charge in [0.05, 0.1) is 24.9 Å². The Morgan fingerprint density at radius 1 is 1.17 bits per heavy atom. The maximum absolute atomic E-state index is 14.2. The standard InChI is InChI=1S/C27H32N6O3/c1-19(2)33-23(10-12-30-33)22-17-32(25(34)24-28-14-21(36-3)15-29-24)18-27(22)11-7-13-31(26(27)35)16-20-8-5-4-6-9-20/h4-6,8-10,12,14-15,19,22H,7,11,13,16-18H2,1-3H3. The normalized spacial score (nSPS) is 22.0. The Kier molecular flexibility index (Phi) is 6.47. The minimum absolute atomic E-state index is 0.102. The van der Waals surface area contributed by atoms with E-state index in [9.17, 15) is 9.59 Å². The number of carbonyl (C=O) groups excluding carboxylic acids is 2. The van der Waals surface area contributed by atoms with E-state index in [4.69, 9.17) is 4.74 Å². The molecule has 2 aliphatic rings. The van der Waals surface area contributed by atoms with Crippen molar-refractivity contribution in [3.05, 3.63) is 72.1 Å². The third kappa shape index (κ3) is 4.23. The Balaban J connectivity index is 1.50. The lowest BCUT2D eigenvalue weighted by atomic mass is 9.70. The summed E-state index contributed by atoms with van der Waals surface area (Å²) in [6, 6.07) is 12.2. The van der Waals surface area contributed by atoms with E-state index in [1.807, 2.05) is 46.0 Å². The second kappa shape index (κ2) is 9.72. The third-order valence-electron chi connectivity index (χ3n) is 7.41. The van der Waals surface area contributed by atoms with Gasteiger partial charge in [-0.3, -0.25) is 14.3 Å². The van der Waals surface area contributed by atoms with Gasteiger partial charge in [0.25, 0.3) is 5.91 Å². The first-order valence-corrected chi connectivity index (χ1v) is 12.4. The van der Waals surface area contributed by atoms with Gasteiger partial charge in [-0.2, -0.15) is 5.10 Å². The molecule has 4 heterocycles. The lowest BCUT2D eigenvalue weighted by Crippen LogP contribution is -2.52. The molecule has 9 heteroatoms. The fourth-order valence-electron chi connectivity index (χ4n) is 5.68. The molecule has 9 nitrogen and oxygen atoms in total. The molecule has 2 fully saturated rings. The van der Waals surface area contributed by atoms with Gasteiger partial charge in [-0.25, -0.2) is 9.97 Å². The van der Waals surface area contributed by atoms with E-state index in [1.54, 1.807) is 11.1 Å². The van der Waals surface area contributed by atoms with E-state index in [2.05, 4.69) is 28.9 Å². The van der Waals surface area contributed by atoms with E-state index >= 15 is 0 Å². The molecule has 2 aromatic heterocycles. The maximum Gasteiger partial charge on any atom is 0.291 e. The first-order valence-electron chi connectivity index (χ1n) is 12.4. The number of piperidine rings is 1. The van der Waals surface area contributed by atoms with Gasteiger partial charge >= 0.3 is 0 Å². The number of nitrogens with zero attached hydrogens (tertiary/aromatic N) is 6. The quantitative estimate of drug-likeness (QED) is 0.529. The summed E-state index contributed by atoms with van der Waals surface area (Å²) >= 11 is 0. The molecule has 36 heavy (non-hydrogen) atoms. The molecule has 2 aliphatic heterocycles. The van der Waals surface area contributed by atoms with Crippen molar-refractivity contribution >= 4 is 11.8 Å². The lowest BCUT2D eigenvalue weighted by molar-refractivity contribution is -0.147. The monoisotopic (exact) mass is 488 g/mol. The van der Waals surface area contributed by atoms with Crippen LogP contribution >= 0.6 is 0 Å². The Morgan fingerprint density at radius 2 is 1.92 bits per heavy atom.